The van der Waals surface area contributed by atoms with Crippen LogP contribution in [0.5, 0.6) is 0 Å². The van der Waals surface area contributed by atoms with Crippen LogP contribution >= 0.6 is 11.6 Å². The Hall–Kier alpha value is -2.78. The second-order valence-electron chi connectivity index (χ2n) is 9.14. The van der Waals surface area contributed by atoms with E-state index in [4.69, 9.17) is 17.3 Å². The number of nitrogens with two attached hydrogens (primary N) is 1. The number of unbranched alkanes of at least 4 members (excludes halogenated alkanes) is 1. The summed E-state index contributed by atoms with van der Waals surface area (Å²) in [7, 11) is 0. The van der Waals surface area contributed by atoms with Crippen LogP contribution < -0.4 is 26.8 Å². The summed E-state index contributed by atoms with van der Waals surface area (Å²) in [5.74, 6) is -0.00437. The number of rotatable bonds is 9. The maximum Gasteiger partial charge on any atom is 0.330 e. The molecule has 0 bridgehead atoms. The van der Waals surface area contributed by atoms with Crippen molar-refractivity contribution in [3.8, 4) is 0 Å². The fourth-order valence-corrected chi connectivity index (χ4v) is 4.28. The third-order valence-corrected chi connectivity index (χ3v) is 6.24. The van der Waals surface area contributed by atoms with E-state index in [1.54, 1.807) is 0 Å². The Bertz CT molecular complexity index is 1090. The third-order valence-electron chi connectivity index (χ3n) is 5.99. The number of amides is 1. The van der Waals surface area contributed by atoms with Crippen LogP contribution in [0.4, 0.5) is 17.2 Å². The fourth-order valence-electron chi connectivity index (χ4n) is 4.15. The summed E-state index contributed by atoms with van der Waals surface area (Å²) in [6.45, 7) is 9.85. The normalized spacial score (nSPS) is 14.6. The molecular formula is C24H35ClN6O3. The number of nitrogens with one attached hydrogen (secondary N) is 1. The standard InChI is InChI=1S/C24H35ClN6O3/c1-4-5-10-30(21-22(26)31(15-17(2)3)24(34)27-23(21)33)20(32)16-28-11-13-29(14-12-28)19-8-6-18(25)7-9-19/h6-9,17H,4-5,10-16,26H2,1-3H3,(H,27,33,34). The highest BCUT2D eigenvalue weighted by Gasteiger charge is 2.27. The average molecular weight is 491 g/mol. The van der Waals surface area contributed by atoms with E-state index in [1.165, 1.54) is 9.47 Å². The number of aromatic amines is 1. The van der Waals surface area contributed by atoms with Gasteiger partial charge in [0.15, 0.2) is 5.69 Å². The number of halogens is 1. The molecule has 10 heteroatoms. The van der Waals surface area contributed by atoms with E-state index in [2.05, 4.69) is 14.8 Å². The molecule has 0 saturated carbocycles. The minimum absolute atomic E-state index is 0.0412. The van der Waals surface area contributed by atoms with E-state index in [9.17, 15) is 14.4 Å². The summed E-state index contributed by atoms with van der Waals surface area (Å²) in [6, 6.07) is 7.74. The Balaban J connectivity index is 1.76. The molecule has 3 rings (SSSR count). The highest BCUT2D eigenvalue weighted by atomic mass is 35.5. The molecule has 1 aliphatic rings. The smallest absolute Gasteiger partial charge is 0.330 e. The molecule has 1 amide bonds. The number of carbonyl (C=O) groups is 1. The maximum atomic E-state index is 13.4. The highest BCUT2D eigenvalue weighted by molar-refractivity contribution is 6.30. The summed E-state index contributed by atoms with van der Waals surface area (Å²) in [5.41, 5.74) is 6.28. The Morgan fingerprint density at radius 3 is 2.38 bits per heavy atom. The van der Waals surface area contributed by atoms with Crippen LogP contribution in [0.3, 0.4) is 0 Å². The van der Waals surface area contributed by atoms with Gasteiger partial charge in [0.25, 0.3) is 5.56 Å². The van der Waals surface area contributed by atoms with Gasteiger partial charge >= 0.3 is 5.69 Å². The first-order valence-electron chi connectivity index (χ1n) is 11.9. The largest absolute Gasteiger partial charge is 0.383 e. The van der Waals surface area contributed by atoms with Crippen molar-refractivity contribution in [2.75, 3.05) is 54.8 Å². The topological polar surface area (TPSA) is 108 Å². The molecule has 1 aromatic heterocycles. The first-order valence-corrected chi connectivity index (χ1v) is 12.2. The quantitative estimate of drug-likeness (QED) is 0.558. The molecule has 0 unspecified atom stereocenters. The van der Waals surface area contributed by atoms with Crippen molar-refractivity contribution in [2.24, 2.45) is 5.92 Å². The van der Waals surface area contributed by atoms with Gasteiger partial charge in [-0.3, -0.25) is 24.0 Å². The zero-order valence-corrected chi connectivity index (χ0v) is 21.0. The monoisotopic (exact) mass is 490 g/mol. The molecule has 0 radical (unpaired) electrons. The predicted octanol–water partition coefficient (Wildman–Crippen LogP) is 2.38. The van der Waals surface area contributed by atoms with Gasteiger partial charge < -0.3 is 15.5 Å². The summed E-state index contributed by atoms with van der Waals surface area (Å²) in [6.07, 6.45) is 1.57. The number of aromatic nitrogens is 2. The lowest BCUT2D eigenvalue weighted by Gasteiger charge is -2.36. The van der Waals surface area contributed by atoms with Gasteiger partial charge in [0.2, 0.25) is 5.91 Å². The Kier molecular flexibility index (Phi) is 8.79. The number of hydrogen-bond donors (Lipinski definition) is 2. The van der Waals surface area contributed by atoms with Crippen molar-refractivity contribution in [1.82, 2.24) is 14.5 Å². The number of anilines is 3. The van der Waals surface area contributed by atoms with Crippen LogP contribution in [0.1, 0.15) is 33.6 Å². The van der Waals surface area contributed by atoms with E-state index in [1.807, 2.05) is 45.0 Å². The number of nitrogen functional groups attached to an aromatic ring is 1. The van der Waals surface area contributed by atoms with Crippen LogP contribution in [0.2, 0.25) is 5.02 Å². The molecule has 9 nitrogen and oxygen atoms in total. The second kappa shape index (κ2) is 11.6. The van der Waals surface area contributed by atoms with E-state index in [-0.39, 0.29) is 29.9 Å². The number of H-pyrrole nitrogens is 1. The molecule has 0 atom stereocenters. The Morgan fingerprint density at radius 1 is 1.15 bits per heavy atom. The molecule has 1 saturated heterocycles. The number of piperazine rings is 1. The third kappa shape index (κ3) is 6.21. The first kappa shape index (κ1) is 25.8. The van der Waals surface area contributed by atoms with Gasteiger partial charge in [-0.05, 0) is 36.6 Å². The summed E-state index contributed by atoms with van der Waals surface area (Å²) >= 11 is 5.99. The molecule has 3 N–H and O–H groups in total. The van der Waals surface area contributed by atoms with Crippen LogP contribution in [-0.4, -0.2) is 59.6 Å². The van der Waals surface area contributed by atoms with Gasteiger partial charge in [-0.15, -0.1) is 0 Å². The van der Waals surface area contributed by atoms with E-state index < -0.39 is 11.2 Å². The molecule has 1 aliphatic heterocycles. The fraction of sp³-hybridized carbons (Fsp3) is 0.542. The van der Waals surface area contributed by atoms with Crippen molar-refractivity contribution >= 4 is 34.7 Å². The van der Waals surface area contributed by atoms with E-state index in [0.717, 1.165) is 31.6 Å². The number of carbonyl (C=O) groups excluding carboxylic acids is 1. The molecule has 2 aromatic rings. The van der Waals surface area contributed by atoms with Gasteiger partial charge in [0, 0.05) is 50.0 Å². The van der Waals surface area contributed by atoms with Gasteiger partial charge in [-0.25, -0.2) is 4.79 Å². The van der Waals surface area contributed by atoms with Crippen molar-refractivity contribution in [2.45, 2.75) is 40.2 Å². The lowest BCUT2D eigenvalue weighted by atomic mass is 10.2. The molecule has 34 heavy (non-hydrogen) atoms. The molecule has 1 fully saturated rings. The van der Waals surface area contributed by atoms with Crippen LogP contribution in [0.25, 0.3) is 0 Å². The van der Waals surface area contributed by atoms with Crippen molar-refractivity contribution in [1.29, 1.82) is 0 Å². The van der Waals surface area contributed by atoms with Gasteiger partial charge in [0.1, 0.15) is 5.82 Å². The lowest BCUT2D eigenvalue weighted by Crippen LogP contribution is -2.51. The Morgan fingerprint density at radius 2 is 1.79 bits per heavy atom. The van der Waals surface area contributed by atoms with Crippen molar-refractivity contribution < 1.29 is 4.79 Å². The van der Waals surface area contributed by atoms with E-state index in [0.29, 0.717) is 31.2 Å². The average Bonchev–Trinajstić information content (AvgIpc) is 2.79. The van der Waals surface area contributed by atoms with Crippen LogP contribution in [0, 0.1) is 5.92 Å². The molecular weight excluding hydrogens is 456 g/mol. The van der Waals surface area contributed by atoms with E-state index >= 15 is 0 Å². The zero-order valence-electron chi connectivity index (χ0n) is 20.2. The van der Waals surface area contributed by atoms with Crippen molar-refractivity contribution in [3.63, 3.8) is 0 Å². The number of benzene rings is 1. The van der Waals surface area contributed by atoms with Crippen LogP contribution in [0.15, 0.2) is 33.9 Å². The molecule has 0 spiro atoms. The SMILES string of the molecule is CCCCN(C(=O)CN1CCN(c2ccc(Cl)cc2)CC1)c1c(N)n(CC(C)C)c(=O)[nH]c1=O. The Labute approximate surface area is 205 Å². The summed E-state index contributed by atoms with van der Waals surface area (Å²) in [5, 5.41) is 0.703. The minimum atomic E-state index is -0.625. The molecule has 1 aromatic carbocycles. The van der Waals surface area contributed by atoms with Gasteiger partial charge in [0.05, 0.1) is 6.54 Å². The maximum absolute atomic E-state index is 13.4. The van der Waals surface area contributed by atoms with Crippen LogP contribution in [-0.2, 0) is 11.3 Å². The zero-order chi connectivity index (χ0) is 24.8. The summed E-state index contributed by atoms with van der Waals surface area (Å²) in [4.78, 5) is 46.6. The number of hydrogen-bond acceptors (Lipinski definition) is 6. The summed E-state index contributed by atoms with van der Waals surface area (Å²) < 4.78 is 1.35. The first-order chi connectivity index (χ1) is 16.2. The molecule has 2 heterocycles. The highest BCUT2D eigenvalue weighted by Crippen LogP contribution is 2.21. The second-order valence-corrected chi connectivity index (χ2v) is 9.57. The minimum Gasteiger partial charge on any atom is -0.383 e. The van der Waals surface area contributed by atoms with Crippen molar-refractivity contribution in [3.05, 3.63) is 50.1 Å². The molecule has 0 aliphatic carbocycles. The predicted molar refractivity (Wildman–Crippen MR) is 138 cm³/mol. The van der Waals surface area contributed by atoms with Gasteiger partial charge in [-0.2, -0.15) is 0 Å². The lowest BCUT2D eigenvalue weighted by molar-refractivity contribution is -0.119. The molecule has 186 valence electrons. The number of nitrogens with zero attached hydrogens (tertiary/aromatic N) is 4. The van der Waals surface area contributed by atoms with Gasteiger partial charge in [-0.1, -0.05) is 38.8 Å².